The number of aromatic nitrogens is 1. The van der Waals surface area contributed by atoms with Crippen molar-refractivity contribution in [2.75, 3.05) is 5.32 Å². The molecule has 0 bridgehead atoms. The summed E-state index contributed by atoms with van der Waals surface area (Å²) in [4.78, 5) is 16.6. The molecule has 20 heavy (non-hydrogen) atoms. The van der Waals surface area contributed by atoms with Gasteiger partial charge in [-0.3, -0.25) is 10.1 Å². The summed E-state index contributed by atoms with van der Waals surface area (Å²) in [5.74, 6) is 0.418. The maximum absolute atomic E-state index is 12.1. The van der Waals surface area contributed by atoms with Crippen LogP contribution in [0.4, 0.5) is 5.13 Å². The summed E-state index contributed by atoms with van der Waals surface area (Å²) in [6.07, 6.45) is 1.51. The van der Waals surface area contributed by atoms with Crippen molar-refractivity contribution < 1.29 is 9.21 Å². The minimum absolute atomic E-state index is 0.189. The zero-order valence-corrected chi connectivity index (χ0v) is 12.3. The third-order valence-electron chi connectivity index (χ3n) is 3.27. The van der Waals surface area contributed by atoms with Gasteiger partial charge in [0.1, 0.15) is 5.76 Å². The molecule has 0 aliphatic rings. The van der Waals surface area contributed by atoms with Crippen LogP contribution in [0, 0.1) is 20.8 Å². The minimum atomic E-state index is -0.189. The second kappa shape index (κ2) is 4.76. The molecule has 2 heterocycles. The van der Waals surface area contributed by atoms with Crippen molar-refractivity contribution in [3.8, 4) is 0 Å². The highest BCUT2D eigenvalue weighted by Gasteiger charge is 2.15. The molecule has 1 amide bonds. The summed E-state index contributed by atoms with van der Waals surface area (Å²) >= 11 is 1.50. The highest BCUT2D eigenvalue weighted by Crippen LogP contribution is 2.31. The van der Waals surface area contributed by atoms with Crippen molar-refractivity contribution in [1.82, 2.24) is 4.98 Å². The van der Waals surface area contributed by atoms with Crippen LogP contribution < -0.4 is 5.32 Å². The summed E-state index contributed by atoms with van der Waals surface area (Å²) in [7, 11) is 0. The zero-order chi connectivity index (χ0) is 14.3. The maximum Gasteiger partial charge on any atom is 0.260 e. The second-order valence-electron chi connectivity index (χ2n) is 4.74. The fourth-order valence-corrected chi connectivity index (χ4v) is 3.10. The monoisotopic (exact) mass is 286 g/mol. The van der Waals surface area contributed by atoms with Gasteiger partial charge in [-0.15, -0.1) is 0 Å². The van der Waals surface area contributed by atoms with Gasteiger partial charge in [0.25, 0.3) is 5.91 Å². The van der Waals surface area contributed by atoms with E-state index in [0.29, 0.717) is 16.5 Å². The molecule has 4 nitrogen and oxygen atoms in total. The predicted molar refractivity (Wildman–Crippen MR) is 80.5 cm³/mol. The van der Waals surface area contributed by atoms with Gasteiger partial charge in [-0.25, -0.2) is 4.98 Å². The topological polar surface area (TPSA) is 55.1 Å². The molecular formula is C15H14N2O2S. The number of benzene rings is 1. The Morgan fingerprint density at radius 3 is 2.60 bits per heavy atom. The van der Waals surface area contributed by atoms with Crippen molar-refractivity contribution in [1.29, 1.82) is 0 Å². The van der Waals surface area contributed by atoms with Gasteiger partial charge in [-0.1, -0.05) is 23.5 Å². The Morgan fingerprint density at radius 1 is 1.20 bits per heavy atom. The van der Waals surface area contributed by atoms with Crippen LogP contribution in [0.5, 0.6) is 0 Å². The van der Waals surface area contributed by atoms with E-state index in [0.717, 1.165) is 15.8 Å². The number of nitrogens with one attached hydrogen (secondary N) is 1. The van der Waals surface area contributed by atoms with E-state index in [9.17, 15) is 4.79 Å². The van der Waals surface area contributed by atoms with Gasteiger partial charge in [0.15, 0.2) is 5.13 Å². The number of rotatable bonds is 2. The van der Waals surface area contributed by atoms with E-state index in [1.165, 1.54) is 23.2 Å². The van der Waals surface area contributed by atoms with Crippen LogP contribution in [-0.2, 0) is 0 Å². The van der Waals surface area contributed by atoms with Gasteiger partial charge >= 0.3 is 0 Å². The van der Waals surface area contributed by atoms with E-state index in [1.54, 1.807) is 13.0 Å². The lowest BCUT2D eigenvalue weighted by Gasteiger charge is -1.98. The fourth-order valence-electron chi connectivity index (χ4n) is 2.10. The first kappa shape index (κ1) is 12.9. The molecule has 0 saturated carbocycles. The molecule has 0 aliphatic carbocycles. The molecule has 102 valence electrons. The molecule has 0 radical (unpaired) electrons. The lowest BCUT2D eigenvalue weighted by Crippen LogP contribution is -2.11. The number of anilines is 1. The van der Waals surface area contributed by atoms with Crippen molar-refractivity contribution in [3.05, 3.63) is 46.9 Å². The van der Waals surface area contributed by atoms with Crippen LogP contribution in [0.25, 0.3) is 10.2 Å². The molecule has 0 unspecified atom stereocenters. The fraction of sp³-hybridized carbons (Fsp3) is 0.200. The van der Waals surface area contributed by atoms with Crippen molar-refractivity contribution in [3.63, 3.8) is 0 Å². The van der Waals surface area contributed by atoms with Crippen LogP contribution in [0.1, 0.15) is 27.2 Å². The number of aryl methyl sites for hydroxylation is 3. The standard InChI is InChI=1S/C15H14N2O2S/c1-8-4-5-9(2)13-12(8)16-15(20-13)17-14(18)11-6-7-19-10(11)3/h4-7H,1-3H3,(H,16,17,18). The van der Waals surface area contributed by atoms with Gasteiger partial charge in [0.05, 0.1) is 22.0 Å². The maximum atomic E-state index is 12.1. The van der Waals surface area contributed by atoms with E-state index >= 15 is 0 Å². The molecule has 3 aromatic rings. The third-order valence-corrected chi connectivity index (χ3v) is 4.37. The number of carbonyl (C=O) groups excluding carboxylic acids is 1. The van der Waals surface area contributed by atoms with Gasteiger partial charge in [-0.2, -0.15) is 0 Å². The van der Waals surface area contributed by atoms with Crippen molar-refractivity contribution in [2.45, 2.75) is 20.8 Å². The van der Waals surface area contributed by atoms with Crippen LogP contribution in [0.3, 0.4) is 0 Å². The first-order valence-corrected chi connectivity index (χ1v) is 7.10. The highest BCUT2D eigenvalue weighted by atomic mass is 32.1. The van der Waals surface area contributed by atoms with E-state index in [1.807, 2.05) is 19.9 Å². The Morgan fingerprint density at radius 2 is 1.95 bits per heavy atom. The summed E-state index contributed by atoms with van der Waals surface area (Å²) in [5.41, 5.74) is 3.77. The van der Waals surface area contributed by atoms with Crippen molar-refractivity contribution >= 4 is 32.6 Å². The van der Waals surface area contributed by atoms with Gasteiger partial charge in [-0.05, 0) is 38.0 Å². The second-order valence-corrected chi connectivity index (χ2v) is 5.74. The predicted octanol–water partition coefficient (Wildman–Crippen LogP) is 4.07. The zero-order valence-electron chi connectivity index (χ0n) is 11.5. The molecule has 0 aliphatic heterocycles. The number of carbonyl (C=O) groups is 1. The SMILES string of the molecule is Cc1occc1C(=O)Nc1nc2c(C)ccc(C)c2s1. The number of furan rings is 1. The molecule has 2 aromatic heterocycles. The summed E-state index contributed by atoms with van der Waals surface area (Å²) in [6, 6.07) is 5.78. The number of hydrogen-bond donors (Lipinski definition) is 1. The molecule has 1 N–H and O–H groups in total. The highest BCUT2D eigenvalue weighted by molar-refractivity contribution is 7.22. The Kier molecular flexibility index (Phi) is 3.06. The van der Waals surface area contributed by atoms with Gasteiger partial charge < -0.3 is 4.42 Å². The molecule has 0 atom stereocenters. The molecule has 0 spiro atoms. The first-order valence-electron chi connectivity index (χ1n) is 6.28. The molecular weight excluding hydrogens is 272 g/mol. The van der Waals surface area contributed by atoms with Crippen LogP contribution in [-0.4, -0.2) is 10.9 Å². The molecule has 0 saturated heterocycles. The van der Waals surface area contributed by atoms with E-state index in [2.05, 4.69) is 16.4 Å². The summed E-state index contributed by atoms with van der Waals surface area (Å²) < 4.78 is 6.26. The average Bonchev–Trinajstić information content (AvgIpc) is 3.01. The third kappa shape index (κ3) is 2.10. The van der Waals surface area contributed by atoms with E-state index in [-0.39, 0.29) is 5.91 Å². The summed E-state index contributed by atoms with van der Waals surface area (Å²) in [6.45, 7) is 5.83. The number of nitrogens with zero attached hydrogens (tertiary/aromatic N) is 1. The van der Waals surface area contributed by atoms with Crippen LogP contribution >= 0.6 is 11.3 Å². The lowest BCUT2D eigenvalue weighted by molar-refractivity contribution is 0.102. The number of amides is 1. The smallest absolute Gasteiger partial charge is 0.260 e. The van der Waals surface area contributed by atoms with E-state index < -0.39 is 0 Å². The molecule has 5 heteroatoms. The summed E-state index contributed by atoms with van der Waals surface area (Å²) in [5, 5.41) is 3.45. The number of thiazole rings is 1. The Labute approximate surface area is 120 Å². The number of fused-ring (bicyclic) bond motifs is 1. The van der Waals surface area contributed by atoms with Crippen molar-refractivity contribution in [2.24, 2.45) is 0 Å². The quantitative estimate of drug-likeness (QED) is 0.772. The normalized spacial score (nSPS) is 10.9. The molecule has 0 fully saturated rings. The average molecular weight is 286 g/mol. The lowest BCUT2D eigenvalue weighted by atomic mass is 10.1. The van der Waals surface area contributed by atoms with E-state index in [4.69, 9.17) is 4.42 Å². The Bertz CT molecular complexity index is 762. The largest absolute Gasteiger partial charge is 0.469 e. The van der Waals surface area contributed by atoms with Gasteiger partial charge in [0.2, 0.25) is 0 Å². The van der Waals surface area contributed by atoms with Crippen LogP contribution in [0.2, 0.25) is 0 Å². The Balaban J connectivity index is 1.96. The Hall–Kier alpha value is -2.14. The number of hydrogen-bond acceptors (Lipinski definition) is 4. The molecule has 1 aromatic carbocycles. The van der Waals surface area contributed by atoms with Gasteiger partial charge in [0, 0.05) is 0 Å². The molecule has 3 rings (SSSR count). The first-order chi connectivity index (χ1) is 9.56. The minimum Gasteiger partial charge on any atom is -0.469 e. The van der Waals surface area contributed by atoms with Crippen LogP contribution in [0.15, 0.2) is 28.9 Å².